The lowest BCUT2D eigenvalue weighted by atomic mass is 10.3. The second-order valence-electron chi connectivity index (χ2n) is 3.84. The topological polar surface area (TPSA) is 38.7 Å². The molecule has 0 atom stereocenters. The smallest absolute Gasteiger partial charge is 0.132 e. The van der Waals surface area contributed by atoms with Crippen LogP contribution in [0.1, 0.15) is 30.3 Å². The molecule has 3 nitrogen and oxygen atoms in total. The molecule has 1 fully saturated rings. The Kier molecular flexibility index (Phi) is 2.02. The van der Waals surface area contributed by atoms with Crippen LogP contribution in [-0.4, -0.2) is 15.0 Å². The second-order valence-corrected chi connectivity index (χ2v) is 4.70. The van der Waals surface area contributed by atoms with Crippen LogP contribution in [0, 0.1) is 6.92 Å². The van der Waals surface area contributed by atoms with E-state index in [1.807, 2.05) is 24.7 Å². The lowest BCUT2D eigenvalue weighted by Crippen LogP contribution is -1.93. The van der Waals surface area contributed by atoms with Crippen LogP contribution in [0.15, 0.2) is 17.8 Å². The van der Waals surface area contributed by atoms with Gasteiger partial charge in [0.25, 0.3) is 0 Å². The molecule has 0 unspecified atom stereocenters. The van der Waals surface area contributed by atoms with Gasteiger partial charge in [0.1, 0.15) is 5.82 Å². The Balaban J connectivity index is 2.04. The normalized spacial score (nSPS) is 15.5. The van der Waals surface area contributed by atoms with Crippen LogP contribution in [0.3, 0.4) is 0 Å². The zero-order valence-corrected chi connectivity index (χ0v) is 9.29. The molecule has 0 spiro atoms. The van der Waals surface area contributed by atoms with E-state index < -0.39 is 0 Å². The van der Waals surface area contributed by atoms with E-state index in [1.165, 1.54) is 17.7 Å². The van der Waals surface area contributed by atoms with Crippen molar-refractivity contribution in [3.05, 3.63) is 29.3 Å². The van der Waals surface area contributed by atoms with Gasteiger partial charge in [0, 0.05) is 12.1 Å². The number of hydrogen-bond acceptors (Lipinski definition) is 4. The molecule has 1 saturated carbocycles. The van der Waals surface area contributed by atoms with Crippen LogP contribution in [0.25, 0.3) is 10.6 Å². The quantitative estimate of drug-likeness (QED) is 0.776. The average molecular weight is 217 g/mol. The molecule has 0 aromatic carbocycles. The van der Waals surface area contributed by atoms with Gasteiger partial charge >= 0.3 is 0 Å². The number of rotatable bonds is 2. The molecule has 0 bridgehead atoms. The summed E-state index contributed by atoms with van der Waals surface area (Å²) in [5.41, 5.74) is 3.94. The second kappa shape index (κ2) is 3.38. The third kappa shape index (κ3) is 1.65. The monoisotopic (exact) mass is 217 g/mol. The van der Waals surface area contributed by atoms with Crippen molar-refractivity contribution in [3.8, 4) is 10.6 Å². The third-order valence-corrected chi connectivity index (χ3v) is 3.55. The van der Waals surface area contributed by atoms with Gasteiger partial charge in [-0.25, -0.2) is 15.0 Å². The van der Waals surface area contributed by atoms with Crippen molar-refractivity contribution in [2.45, 2.75) is 25.7 Å². The van der Waals surface area contributed by atoms with E-state index in [0.29, 0.717) is 5.92 Å². The minimum Gasteiger partial charge on any atom is -0.249 e. The molecule has 2 aromatic heterocycles. The van der Waals surface area contributed by atoms with Gasteiger partial charge in [0.2, 0.25) is 0 Å². The highest BCUT2D eigenvalue weighted by molar-refractivity contribution is 7.13. The number of hydrogen-bond donors (Lipinski definition) is 0. The predicted octanol–water partition coefficient (Wildman–Crippen LogP) is 2.79. The fourth-order valence-electron chi connectivity index (χ4n) is 1.59. The Hall–Kier alpha value is -1.29. The van der Waals surface area contributed by atoms with E-state index in [-0.39, 0.29) is 0 Å². The standard InChI is InChI=1S/C11H11N3S/c1-7-10(15-6-13-7)9-4-5-12-11(14-9)8-2-3-8/h4-6,8H,2-3H2,1H3. The Bertz CT molecular complexity index is 488. The summed E-state index contributed by atoms with van der Waals surface area (Å²) in [5.74, 6) is 1.61. The predicted molar refractivity (Wildman–Crippen MR) is 59.9 cm³/mol. The molecular weight excluding hydrogens is 206 g/mol. The average Bonchev–Trinajstić information content (AvgIpc) is 3.02. The van der Waals surface area contributed by atoms with Crippen LogP contribution >= 0.6 is 11.3 Å². The molecule has 2 heterocycles. The molecule has 76 valence electrons. The van der Waals surface area contributed by atoms with Gasteiger partial charge in [-0.1, -0.05) is 0 Å². The first-order chi connectivity index (χ1) is 7.34. The molecule has 3 rings (SSSR count). The van der Waals surface area contributed by atoms with Gasteiger partial charge in [-0.15, -0.1) is 11.3 Å². The molecule has 0 aliphatic heterocycles. The fraction of sp³-hybridized carbons (Fsp3) is 0.364. The van der Waals surface area contributed by atoms with Crippen molar-refractivity contribution in [3.63, 3.8) is 0 Å². The molecule has 0 N–H and O–H groups in total. The summed E-state index contributed by atoms with van der Waals surface area (Å²) in [4.78, 5) is 14.3. The van der Waals surface area contributed by atoms with E-state index in [1.54, 1.807) is 11.3 Å². The Labute approximate surface area is 92.2 Å². The molecule has 15 heavy (non-hydrogen) atoms. The van der Waals surface area contributed by atoms with Crippen molar-refractivity contribution in [1.29, 1.82) is 0 Å². The molecule has 1 aliphatic carbocycles. The van der Waals surface area contributed by atoms with Crippen LogP contribution < -0.4 is 0 Å². The summed E-state index contributed by atoms with van der Waals surface area (Å²) in [6, 6.07) is 1.96. The molecule has 4 heteroatoms. The Morgan fingerprint density at radius 1 is 1.33 bits per heavy atom. The zero-order chi connectivity index (χ0) is 10.3. The van der Waals surface area contributed by atoms with Crippen LogP contribution in [0.4, 0.5) is 0 Å². The van der Waals surface area contributed by atoms with Gasteiger partial charge in [0.05, 0.1) is 21.8 Å². The largest absolute Gasteiger partial charge is 0.249 e. The Morgan fingerprint density at radius 3 is 2.87 bits per heavy atom. The van der Waals surface area contributed by atoms with E-state index >= 15 is 0 Å². The molecule has 0 radical (unpaired) electrons. The van der Waals surface area contributed by atoms with Gasteiger partial charge in [0.15, 0.2) is 0 Å². The van der Waals surface area contributed by atoms with E-state index in [0.717, 1.165) is 17.2 Å². The lowest BCUT2D eigenvalue weighted by Gasteiger charge is -2.00. The number of thiazole rings is 1. The summed E-state index contributed by atoms with van der Waals surface area (Å²) in [5, 5.41) is 0. The summed E-state index contributed by atoms with van der Waals surface area (Å²) in [6.07, 6.45) is 4.34. The van der Waals surface area contributed by atoms with E-state index in [2.05, 4.69) is 15.0 Å². The van der Waals surface area contributed by atoms with Crippen molar-refractivity contribution in [2.24, 2.45) is 0 Å². The number of aromatic nitrogens is 3. The first-order valence-electron chi connectivity index (χ1n) is 5.08. The maximum absolute atomic E-state index is 4.60. The maximum Gasteiger partial charge on any atom is 0.132 e. The lowest BCUT2D eigenvalue weighted by molar-refractivity contribution is 0.931. The van der Waals surface area contributed by atoms with Crippen LogP contribution in [0.5, 0.6) is 0 Å². The molecule has 1 aliphatic rings. The van der Waals surface area contributed by atoms with Gasteiger partial charge in [-0.3, -0.25) is 0 Å². The third-order valence-electron chi connectivity index (χ3n) is 2.59. The van der Waals surface area contributed by atoms with Crippen molar-refractivity contribution >= 4 is 11.3 Å². The highest BCUT2D eigenvalue weighted by atomic mass is 32.1. The molecule has 0 saturated heterocycles. The number of nitrogens with zero attached hydrogens (tertiary/aromatic N) is 3. The fourth-order valence-corrected chi connectivity index (χ4v) is 2.36. The zero-order valence-electron chi connectivity index (χ0n) is 8.47. The Morgan fingerprint density at radius 2 is 2.20 bits per heavy atom. The summed E-state index contributed by atoms with van der Waals surface area (Å²) in [7, 11) is 0. The van der Waals surface area contributed by atoms with Gasteiger partial charge in [-0.2, -0.15) is 0 Å². The molecule has 0 amide bonds. The number of aryl methyl sites for hydroxylation is 1. The van der Waals surface area contributed by atoms with Crippen molar-refractivity contribution < 1.29 is 0 Å². The van der Waals surface area contributed by atoms with Gasteiger partial charge < -0.3 is 0 Å². The van der Waals surface area contributed by atoms with Crippen LogP contribution in [-0.2, 0) is 0 Å². The van der Waals surface area contributed by atoms with Crippen molar-refractivity contribution in [2.75, 3.05) is 0 Å². The molecule has 2 aromatic rings. The minimum atomic E-state index is 0.609. The highest BCUT2D eigenvalue weighted by Gasteiger charge is 2.26. The summed E-state index contributed by atoms with van der Waals surface area (Å²) in [6.45, 7) is 2.02. The maximum atomic E-state index is 4.60. The van der Waals surface area contributed by atoms with Crippen molar-refractivity contribution in [1.82, 2.24) is 15.0 Å². The first kappa shape index (κ1) is 8.97. The summed E-state index contributed by atoms with van der Waals surface area (Å²) >= 11 is 1.64. The van der Waals surface area contributed by atoms with Crippen LogP contribution in [0.2, 0.25) is 0 Å². The first-order valence-corrected chi connectivity index (χ1v) is 5.96. The minimum absolute atomic E-state index is 0.609. The van der Waals surface area contributed by atoms with E-state index in [9.17, 15) is 0 Å². The molecular formula is C11H11N3S. The SMILES string of the molecule is Cc1ncsc1-c1ccnc(C2CC2)n1. The summed E-state index contributed by atoms with van der Waals surface area (Å²) < 4.78 is 0. The highest BCUT2D eigenvalue weighted by Crippen LogP contribution is 2.38. The van der Waals surface area contributed by atoms with E-state index in [4.69, 9.17) is 0 Å². The van der Waals surface area contributed by atoms with Gasteiger partial charge in [-0.05, 0) is 25.8 Å².